The molecule has 12 nitrogen and oxygen atoms in total. The molecule has 2 aliphatic heterocycles. The third kappa shape index (κ3) is 9.59. The molecule has 2 aromatic heterocycles. The third-order valence-corrected chi connectivity index (χ3v) is 8.34. The Morgan fingerprint density at radius 2 is 0.863 bits per heavy atom. The van der Waals surface area contributed by atoms with E-state index in [9.17, 15) is 19.2 Å². The van der Waals surface area contributed by atoms with Gasteiger partial charge < -0.3 is 28.9 Å². The molecule has 4 heterocycles. The molecule has 2 aromatic rings. The molecule has 0 spiro atoms. The Hall–Kier alpha value is -4.16. The zero-order chi connectivity index (χ0) is 37.4. The van der Waals surface area contributed by atoms with E-state index < -0.39 is 23.9 Å². The summed E-state index contributed by atoms with van der Waals surface area (Å²) < 4.78 is 20.3. The van der Waals surface area contributed by atoms with E-state index in [0.29, 0.717) is 78.8 Å². The van der Waals surface area contributed by atoms with E-state index in [0.717, 1.165) is 0 Å². The molecule has 0 unspecified atom stereocenters. The Balaban J connectivity index is 0.000000347. The number of halogens is 2. The minimum Gasteiger partial charge on any atom is -0.647 e. The maximum absolute atomic E-state index is 12.2. The molecule has 0 fully saturated rings. The fourth-order valence-corrected chi connectivity index (χ4v) is 5.57. The van der Waals surface area contributed by atoms with Crippen molar-refractivity contribution in [2.45, 2.75) is 69.2 Å². The maximum atomic E-state index is 12.2. The number of ether oxygens (including phenoxy) is 4. The molecule has 0 N–H and O–H groups in total. The van der Waals surface area contributed by atoms with Gasteiger partial charge in [-0.15, -0.1) is 34.6 Å². The molecule has 51 heavy (non-hydrogen) atoms. The first kappa shape index (κ1) is 43.0. The summed E-state index contributed by atoms with van der Waals surface area (Å²) in [5.41, 5.74) is 6.88. The van der Waals surface area contributed by atoms with E-state index in [1.807, 2.05) is 0 Å². The summed E-state index contributed by atoms with van der Waals surface area (Å²) in [7, 11) is 0. The van der Waals surface area contributed by atoms with Crippen molar-refractivity contribution in [3.05, 3.63) is 77.6 Å². The van der Waals surface area contributed by atoms with Crippen LogP contribution < -0.4 is 9.97 Å². The number of nitrogens with zero attached hydrogens (tertiary/aromatic N) is 4. The molecule has 0 aromatic carbocycles. The Morgan fingerprint density at radius 3 is 1.16 bits per heavy atom. The van der Waals surface area contributed by atoms with Crippen molar-refractivity contribution in [2.24, 2.45) is 9.98 Å². The zero-order valence-electron chi connectivity index (χ0n) is 30.1. The summed E-state index contributed by atoms with van der Waals surface area (Å²) in [6.45, 7) is 18.5. The molecular formula is C36H40Cl2CuN4O8. The van der Waals surface area contributed by atoms with Crippen molar-refractivity contribution in [3.63, 3.8) is 0 Å². The first-order valence-electron chi connectivity index (χ1n) is 15.9. The average molecular weight is 791 g/mol. The SMILES string of the molecule is CCOC(=O)C1=C(C)/C(=C/c2[n-]c(Cl)c(C)c2C(=O)OCC)N=C1C.CCOC(=O)C1=C(C)/C(=C/c2[n-]c(Cl)c(C)c2C(=O)OCC)N=C1C.[Cu+2]. The summed E-state index contributed by atoms with van der Waals surface area (Å²) in [6.07, 6.45) is 3.27. The molecule has 0 aliphatic carbocycles. The Labute approximate surface area is 317 Å². The molecule has 0 saturated carbocycles. The van der Waals surface area contributed by atoms with Gasteiger partial charge in [-0.2, -0.15) is 0 Å². The maximum Gasteiger partial charge on any atom is 2.00 e. The number of hydrogen-bond donors (Lipinski definition) is 0. The van der Waals surface area contributed by atoms with Crippen LogP contribution in [0.25, 0.3) is 12.2 Å². The molecule has 15 heteroatoms. The van der Waals surface area contributed by atoms with Gasteiger partial charge in [0.2, 0.25) is 0 Å². The molecule has 0 atom stereocenters. The fraction of sp³-hybridized carbons (Fsp3) is 0.389. The van der Waals surface area contributed by atoms with E-state index in [1.54, 1.807) is 81.4 Å². The van der Waals surface area contributed by atoms with Crippen molar-refractivity contribution in [2.75, 3.05) is 26.4 Å². The standard InChI is InChI=1S/2C18H21ClN2O4.Cu/c2*1-6-24-17(22)14-9(3)12(20-11(14)5)8-13-15(18(23)25-7-2)10(4)16(19)21-13;/h2*8H,6-7H2,1-5H3,(H,20,21,22,23);/q;;+2/p-2. The number of hydrogen-bond acceptors (Lipinski definition) is 10. The summed E-state index contributed by atoms with van der Waals surface area (Å²) in [5, 5.41) is 0.474. The molecule has 1 radical (unpaired) electrons. The van der Waals surface area contributed by atoms with Crippen LogP contribution in [0.4, 0.5) is 0 Å². The van der Waals surface area contributed by atoms with Gasteiger partial charge in [-0.05, 0) is 104 Å². The summed E-state index contributed by atoms with van der Waals surface area (Å²) >= 11 is 12.2. The third-order valence-electron chi connectivity index (χ3n) is 7.60. The van der Waals surface area contributed by atoms with Gasteiger partial charge in [0, 0.05) is 11.1 Å². The van der Waals surface area contributed by atoms with Gasteiger partial charge in [-0.3, -0.25) is 9.98 Å². The normalized spacial score (nSPS) is 15.3. The van der Waals surface area contributed by atoms with Crippen molar-refractivity contribution < 1.29 is 55.2 Å². The summed E-state index contributed by atoms with van der Waals surface area (Å²) in [6, 6.07) is 0. The predicted octanol–water partition coefficient (Wildman–Crippen LogP) is 6.95. The van der Waals surface area contributed by atoms with Crippen LogP contribution in [0.2, 0.25) is 10.3 Å². The van der Waals surface area contributed by atoms with Crippen LogP contribution in [0, 0.1) is 13.8 Å². The van der Waals surface area contributed by atoms with Crippen molar-refractivity contribution in [1.29, 1.82) is 0 Å². The molecule has 0 amide bonds. The monoisotopic (exact) mass is 789 g/mol. The smallest absolute Gasteiger partial charge is 0.647 e. The fourth-order valence-electron chi connectivity index (χ4n) is 5.20. The van der Waals surface area contributed by atoms with Crippen LogP contribution in [0.15, 0.2) is 43.7 Å². The Morgan fingerprint density at radius 1 is 0.569 bits per heavy atom. The van der Waals surface area contributed by atoms with Gasteiger partial charge in [0.05, 0.1) is 60.4 Å². The van der Waals surface area contributed by atoms with Crippen LogP contribution in [-0.2, 0) is 45.6 Å². The first-order chi connectivity index (χ1) is 23.6. The van der Waals surface area contributed by atoms with Gasteiger partial charge in [0.1, 0.15) is 0 Å². The van der Waals surface area contributed by atoms with Crippen molar-refractivity contribution >= 4 is 70.7 Å². The minimum atomic E-state index is -0.489. The quantitative estimate of drug-likeness (QED) is 0.140. The second kappa shape index (κ2) is 18.9. The second-order valence-electron chi connectivity index (χ2n) is 10.9. The number of aliphatic imine (C=N–C) groups is 2. The average Bonchev–Trinajstić information content (AvgIpc) is 3.69. The Bertz CT molecular complexity index is 1770. The summed E-state index contributed by atoms with van der Waals surface area (Å²) in [4.78, 5) is 65.8. The van der Waals surface area contributed by atoms with Gasteiger partial charge >= 0.3 is 40.9 Å². The molecule has 4 rings (SSSR count). The summed E-state index contributed by atoms with van der Waals surface area (Å²) in [5.74, 6) is -1.81. The van der Waals surface area contributed by atoms with E-state index >= 15 is 0 Å². The van der Waals surface area contributed by atoms with Crippen LogP contribution in [0.5, 0.6) is 0 Å². The van der Waals surface area contributed by atoms with E-state index in [4.69, 9.17) is 42.1 Å². The number of aromatic nitrogens is 2. The molecule has 2 aliphatic rings. The van der Waals surface area contributed by atoms with Gasteiger partial charge in [-0.25, -0.2) is 19.2 Å². The number of carbonyl (C=O) groups excluding carboxylic acids is 4. The van der Waals surface area contributed by atoms with Crippen molar-refractivity contribution in [3.8, 4) is 0 Å². The van der Waals surface area contributed by atoms with E-state index in [-0.39, 0.29) is 53.8 Å². The van der Waals surface area contributed by atoms with Crippen LogP contribution in [-0.4, -0.2) is 61.7 Å². The number of rotatable bonds is 10. The van der Waals surface area contributed by atoms with Gasteiger partial charge in [0.25, 0.3) is 0 Å². The molecule has 277 valence electrons. The van der Waals surface area contributed by atoms with E-state index in [2.05, 4.69) is 20.0 Å². The topological polar surface area (TPSA) is 158 Å². The second-order valence-corrected chi connectivity index (χ2v) is 11.6. The predicted molar refractivity (Wildman–Crippen MR) is 192 cm³/mol. The van der Waals surface area contributed by atoms with Gasteiger partial charge in [0.15, 0.2) is 0 Å². The van der Waals surface area contributed by atoms with Crippen LogP contribution >= 0.6 is 23.2 Å². The molecule has 0 saturated heterocycles. The largest absolute Gasteiger partial charge is 2.00 e. The first-order valence-corrected chi connectivity index (χ1v) is 16.7. The number of allylic oxidation sites excluding steroid dienone is 2. The van der Waals surface area contributed by atoms with Crippen molar-refractivity contribution in [1.82, 2.24) is 9.97 Å². The molecular weight excluding hydrogens is 751 g/mol. The minimum absolute atomic E-state index is 0. The number of esters is 4. The van der Waals surface area contributed by atoms with Crippen LogP contribution in [0.1, 0.15) is 98.6 Å². The van der Waals surface area contributed by atoms with E-state index in [1.165, 1.54) is 0 Å². The Kier molecular flexibility index (Phi) is 15.9. The van der Waals surface area contributed by atoms with Crippen LogP contribution in [0.3, 0.4) is 0 Å². The molecule has 0 bridgehead atoms. The van der Waals surface area contributed by atoms with Gasteiger partial charge in [-0.1, -0.05) is 10.3 Å². The zero-order valence-corrected chi connectivity index (χ0v) is 32.5. The number of carbonyl (C=O) groups is 4.